The number of carbonyl (C=O) groups is 2. The van der Waals surface area contributed by atoms with Crippen LogP contribution in [-0.4, -0.2) is 38.4 Å². The third-order valence-corrected chi connectivity index (χ3v) is 9.68. The third-order valence-electron chi connectivity index (χ3n) is 8.76. The number of hydrogen-bond acceptors (Lipinski definition) is 4. The number of fused-ring (bicyclic) bond motifs is 5. The van der Waals surface area contributed by atoms with Gasteiger partial charge in [-0.05, 0) is 62.5 Å². The van der Waals surface area contributed by atoms with E-state index in [-0.39, 0.29) is 35.7 Å². The smallest absolute Gasteiger partial charge is 0.178 e. The molecular formula is C22H29ClO4. The molecule has 0 bridgehead atoms. The Hall–Kier alpha value is -0.970. The van der Waals surface area contributed by atoms with Crippen LogP contribution >= 0.6 is 11.6 Å². The van der Waals surface area contributed by atoms with E-state index >= 15 is 0 Å². The quantitative estimate of drug-likeness (QED) is 0.672. The predicted octanol–water partition coefficient (Wildman–Crippen LogP) is 3.19. The van der Waals surface area contributed by atoms with Gasteiger partial charge in [-0.1, -0.05) is 32.4 Å². The molecule has 0 heterocycles. The fourth-order valence-electron chi connectivity index (χ4n) is 7.30. The van der Waals surface area contributed by atoms with Crippen LogP contribution in [0.25, 0.3) is 0 Å². The van der Waals surface area contributed by atoms with Crippen LogP contribution in [0.5, 0.6) is 0 Å². The molecule has 4 aliphatic carbocycles. The summed E-state index contributed by atoms with van der Waals surface area (Å²) in [4.78, 5) is 23.4. The SMILES string of the molecule is CC(=O)[C@@]1(O)[C@H](C)C[C@H]2[C@@H]3CCC4=CC(=O)C=C[C@]4(C)[C@@]3(Cl)[C@@H](O)C[C@@]21C. The van der Waals surface area contributed by atoms with Crippen molar-refractivity contribution in [3.8, 4) is 0 Å². The maximum absolute atomic E-state index is 12.5. The van der Waals surface area contributed by atoms with E-state index < -0.39 is 27.4 Å². The summed E-state index contributed by atoms with van der Waals surface area (Å²) in [6.45, 7) is 7.36. The molecule has 0 aromatic carbocycles. The highest BCUT2D eigenvalue weighted by Crippen LogP contribution is 2.71. The first-order valence-corrected chi connectivity index (χ1v) is 10.4. The van der Waals surface area contributed by atoms with E-state index in [1.54, 1.807) is 12.2 Å². The van der Waals surface area contributed by atoms with Gasteiger partial charge >= 0.3 is 0 Å². The van der Waals surface area contributed by atoms with Gasteiger partial charge in [-0.2, -0.15) is 0 Å². The predicted molar refractivity (Wildman–Crippen MR) is 103 cm³/mol. The van der Waals surface area contributed by atoms with Gasteiger partial charge in [0.25, 0.3) is 0 Å². The third kappa shape index (κ3) is 2.02. The Kier molecular flexibility index (Phi) is 3.98. The lowest BCUT2D eigenvalue weighted by molar-refractivity contribution is -0.175. The van der Waals surface area contributed by atoms with Gasteiger partial charge in [-0.15, -0.1) is 11.6 Å². The van der Waals surface area contributed by atoms with Crippen LogP contribution in [0.15, 0.2) is 23.8 Å². The number of allylic oxidation sites excluding steroid dienone is 4. The standard InChI is InChI=1S/C22H29ClO4/c1-12-9-17-16-6-5-14-10-15(25)7-8-19(14,3)21(16,23)18(26)11-20(17,4)22(12,27)13(2)24/h7-8,10,12,16-18,26-27H,5-6,9,11H2,1-4H3/t12-,16+,17+,18+,19+,20+,21+,22+/m1/s1. The second-order valence-electron chi connectivity index (χ2n) is 9.72. The second kappa shape index (κ2) is 5.55. The van der Waals surface area contributed by atoms with Crippen molar-refractivity contribution in [1.82, 2.24) is 0 Å². The van der Waals surface area contributed by atoms with E-state index in [2.05, 4.69) is 0 Å². The molecule has 27 heavy (non-hydrogen) atoms. The van der Waals surface area contributed by atoms with Crippen LogP contribution in [0.3, 0.4) is 0 Å². The molecule has 0 aliphatic heterocycles. The molecule has 0 spiro atoms. The van der Waals surface area contributed by atoms with E-state index in [4.69, 9.17) is 11.6 Å². The largest absolute Gasteiger partial charge is 0.391 e. The Morgan fingerprint density at radius 1 is 1.30 bits per heavy atom. The lowest BCUT2D eigenvalue weighted by atomic mass is 9.45. The van der Waals surface area contributed by atoms with E-state index in [1.807, 2.05) is 26.8 Å². The Morgan fingerprint density at radius 3 is 2.59 bits per heavy atom. The highest BCUT2D eigenvalue weighted by Gasteiger charge is 2.74. The number of aliphatic hydroxyl groups is 2. The molecule has 4 aliphatic rings. The van der Waals surface area contributed by atoms with Crippen LogP contribution in [0.4, 0.5) is 0 Å². The second-order valence-corrected chi connectivity index (χ2v) is 10.3. The van der Waals surface area contributed by atoms with Crippen molar-refractivity contribution in [1.29, 1.82) is 0 Å². The minimum atomic E-state index is -1.44. The Labute approximate surface area is 165 Å². The molecule has 0 saturated heterocycles. The highest BCUT2D eigenvalue weighted by molar-refractivity contribution is 6.26. The number of alkyl halides is 1. The lowest BCUT2D eigenvalue weighted by Gasteiger charge is -2.63. The maximum Gasteiger partial charge on any atom is 0.178 e. The monoisotopic (exact) mass is 392 g/mol. The molecule has 0 radical (unpaired) electrons. The molecule has 148 valence electrons. The van der Waals surface area contributed by atoms with Gasteiger partial charge in [0.2, 0.25) is 0 Å². The van der Waals surface area contributed by atoms with Crippen LogP contribution in [0, 0.1) is 28.6 Å². The molecular weight excluding hydrogens is 364 g/mol. The van der Waals surface area contributed by atoms with E-state index in [0.717, 1.165) is 24.8 Å². The van der Waals surface area contributed by atoms with Gasteiger partial charge in [0.1, 0.15) is 5.60 Å². The summed E-state index contributed by atoms with van der Waals surface area (Å²) in [5, 5.41) is 22.8. The van der Waals surface area contributed by atoms with Crippen LogP contribution in [0.2, 0.25) is 0 Å². The molecule has 4 rings (SSSR count). The molecule has 2 N–H and O–H groups in total. The molecule has 0 aromatic heterocycles. The van der Waals surface area contributed by atoms with Gasteiger partial charge in [0, 0.05) is 10.8 Å². The molecule has 3 fully saturated rings. The van der Waals surface area contributed by atoms with Crippen molar-refractivity contribution in [2.24, 2.45) is 28.6 Å². The number of carbonyl (C=O) groups excluding carboxylic acids is 2. The minimum Gasteiger partial charge on any atom is -0.391 e. The van der Waals surface area contributed by atoms with Gasteiger partial charge < -0.3 is 10.2 Å². The summed E-state index contributed by atoms with van der Waals surface area (Å²) in [6.07, 6.45) is 6.71. The zero-order valence-electron chi connectivity index (χ0n) is 16.5. The Bertz CT molecular complexity index is 787. The maximum atomic E-state index is 12.5. The van der Waals surface area contributed by atoms with Crippen LogP contribution in [0.1, 0.15) is 53.4 Å². The molecule has 0 unspecified atom stereocenters. The van der Waals surface area contributed by atoms with Crippen molar-refractivity contribution in [2.75, 3.05) is 0 Å². The topological polar surface area (TPSA) is 74.6 Å². The average Bonchev–Trinajstić information content (AvgIpc) is 2.79. The first-order valence-electron chi connectivity index (χ1n) is 9.97. The number of rotatable bonds is 1. The molecule has 8 atom stereocenters. The Morgan fingerprint density at radius 2 is 1.96 bits per heavy atom. The van der Waals surface area contributed by atoms with E-state index in [0.29, 0.717) is 0 Å². The van der Waals surface area contributed by atoms with Gasteiger partial charge in [-0.3, -0.25) is 9.59 Å². The summed E-state index contributed by atoms with van der Waals surface area (Å²) in [5.41, 5.74) is -1.76. The van der Waals surface area contributed by atoms with Crippen molar-refractivity contribution in [3.63, 3.8) is 0 Å². The van der Waals surface area contributed by atoms with Gasteiger partial charge in [0.15, 0.2) is 11.6 Å². The average molecular weight is 393 g/mol. The summed E-state index contributed by atoms with van der Waals surface area (Å²) in [7, 11) is 0. The minimum absolute atomic E-state index is 0.0308. The number of halogens is 1. The van der Waals surface area contributed by atoms with Gasteiger partial charge in [-0.25, -0.2) is 0 Å². The number of ketones is 2. The van der Waals surface area contributed by atoms with Crippen molar-refractivity contribution >= 4 is 23.2 Å². The first-order chi connectivity index (χ1) is 12.4. The zero-order valence-corrected chi connectivity index (χ0v) is 17.2. The van der Waals surface area contributed by atoms with Crippen LogP contribution in [-0.2, 0) is 9.59 Å². The molecule has 0 aromatic rings. The molecule has 5 heteroatoms. The van der Waals surface area contributed by atoms with Crippen molar-refractivity contribution < 1.29 is 19.8 Å². The number of Topliss-reactive ketones (excluding diaryl/α,β-unsaturated/α-hetero) is 1. The summed E-state index contributed by atoms with van der Waals surface area (Å²) in [5.74, 6) is -0.420. The summed E-state index contributed by atoms with van der Waals surface area (Å²) >= 11 is 7.32. The van der Waals surface area contributed by atoms with E-state index in [9.17, 15) is 19.8 Å². The van der Waals surface area contributed by atoms with E-state index in [1.165, 1.54) is 6.92 Å². The first kappa shape index (κ1) is 19.4. The summed E-state index contributed by atoms with van der Waals surface area (Å²) in [6, 6.07) is 0. The normalized spacial score (nSPS) is 54.0. The van der Waals surface area contributed by atoms with Crippen molar-refractivity contribution in [2.45, 2.75) is 70.0 Å². The molecule has 0 amide bonds. The fraction of sp³-hybridized carbons (Fsp3) is 0.727. The van der Waals surface area contributed by atoms with Crippen LogP contribution < -0.4 is 0 Å². The Balaban J connectivity index is 1.85. The van der Waals surface area contributed by atoms with Gasteiger partial charge in [0.05, 0.1) is 11.0 Å². The fourth-order valence-corrected chi connectivity index (χ4v) is 7.82. The van der Waals surface area contributed by atoms with Crippen molar-refractivity contribution in [3.05, 3.63) is 23.8 Å². The molecule has 3 saturated carbocycles. The zero-order chi connectivity index (χ0) is 20.0. The number of hydrogen-bond donors (Lipinski definition) is 2. The lowest BCUT2D eigenvalue weighted by Crippen LogP contribution is -2.68. The molecule has 4 nitrogen and oxygen atoms in total. The number of aliphatic hydroxyl groups excluding tert-OH is 1. The summed E-state index contributed by atoms with van der Waals surface area (Å²) < 4.78 is 0. The highest BCUT2D eigenvalue weighted by atomic mass is 35.5.